The van der Waals surface area contributed by atoms with Gasteiger partial charge >= 0.3 is 0 Å². The van der Waals surface area contributed by atoms with Crippen LogP contribution in [0.3, 0.4) is 0 Å². The van der Waals surface area contributed by atoms with Crippen molar-refractivity contribution in [1.82, 2.24) is 0 Å². The van der Waals surface area contributed by atoms with E-state index in [0.29, 0.717) is 29.6 Å². The summed E-state index contributed by atoms with van der Waals surface area (Å²) in [6, 6.07) is 174. The van der Waals surface area contributed by atoms with Gasteiger partial charge in [-0.1, -0.05) is 535 Å². The zero-order chi connectivity index (χ0) is 103. The highest BCUT2D eigenvalue weighted by Crippen LogP contribution is 2.44. The van der Waals surface area contributed by atoms with Crippen LogP contribution in [0.2, 0.25) is 0 Å². The largest absolute Gasteiger partial charge is 0.0630 e. The predicted molar refractivity (Wildman–Crippen MR) is 664 cm³/mol. The first-order chi connectivity index (χ1) is 72.5. The van der Waals surface area contributed by atoms with Crippen LogP contribution in [0.1, 0.15) is 168 Å². The molecular weight excluding hydrogens is 1790 g/mol. The number of fused-ring (bicyclic) bond motifs is 30. The lowest BCUT2D eigenvalue weighted by Crippen LogP contribution is -1.93. The average Bonchev–Trinajstić information content (AvgIpc) is 0.764. The molecule has 28 aromatic rings. The van der Waals surface area contributed by atoms with Crippen molar-refractivity contribution in [3.63, 3.8) is 0 Å². The van der Waals surface area contributed by atoms with E-state index in [9.17, 15) is 0 Å². The minimum atomic E-state index is 0.504. The summed E-state index contributed by atoms with van der Waals surface area (Å²) in [6.45, 7) is 35.7. The monoisotopic (exact) mass is 1920 g/mol. The standard InChI is InChI=1S/5C21H18.2C18H12.2C4H10/c1-14(2)20-19-10-6-4-8-16(19)13-17-12-11-15-7-3-5-9-18(15)21(17)20;1-14(2)21-18-10-6-4-8-16(18)13-20-17-9-5-3-7-15(17)11-12-19(20)21;1-14(2)20-13-21-16-8-4-3-7-15(16)11-12-19(21)17-9-5-6-10-18(17)20;1-14(2)18-8-5-9-19-20(18)11-10-17-12-15-6-3-4-7-16(15)13-21(17)19;1-14(2)16-9-7-15-8-10-19-11-17-5-3-4-6-18(17)13-21(19)20(15)12-16;1-3-7-15-13(5-1)9-11-18-16-8-4-2-6-14(16)10-12-17(15)18;1-2-7-15-12-18-16(11-14(15)6-1)10-9-13-5-3-4-8-17(13)18;2*1-4(2)3/h5*3-14H,1-2H3;2*1-12H;2*4H,1-3H3. The Hall–Kier alpha value is -16.4. The van der Waals surface area contributed by atoms with Crippen molar-refractivity contribution >= 4 is 226 Å². The van der Waals surface area contributed by atoms with Crippen LogP contribution in [0.25, 0.3) is 226 Å². The maximum absolute atomic E-state index is 2.39. The molecule has 149 heavy (non-hydrogen) atoms. The Bertz CT molecular complexity index is 9490. The van der Waals surface area contributed by atoms with Gasteiger partial charge in [0.25, 0.3) is 0 Å². The number of hydrogen-bond acceptors (Lipinski definition) is 0. The maximum Gasteiger partial charge on any atom is -0.00643 e. The van der Waals surface area contributed by atoms with Gasteiger partial charge in [-0.25, -0.2) is 0 Å². The van der Waals surface area contributed by atoms with Crippen molar-refractivity contribution in [2.75, 3.05) is 0 Å². The van der Waals surface area contributed by atoms with Gasteiger partial charge in [-0.05, 0) is 350 Å². The Balaban J connectivity index is 0.000000104. The van der Waals surface area contributed by atoms with Crippen LogP contribution in [0.4, 0.5) is 0 Å². The molecule has 28 rings (SSSR count). The SMILES string of the molecule is CC(C)C.CC(C)C.CC(C)c1c2ccccc2cc2c1ccc1ccccc12.CC(C)c1c2ccccc2cc2ccc3ccccc3c12.CC(C)c1cc2c3ccccc3ccc2c2ccccc12.CC(C)c1ccc2ccc3cc4ccccc4cc3c2c1.CC(C)c1cccc2c1ccc1cc3ccccc3cc12.c1ccc2c(c1)ccc1c3ccccc3ccc21.c1ccc2cc3c(ccc4ccccc43)cc2c1. The number of hydrogen-bond donors (Lipinski definition) is 0. The molecule has 0 atom stereocenters. The summed E-state index contributed by atoms with van der Waals surface area (Å²) < 4.78 is 0. The fraction of sp³-hybridized carbons (Fsp3) is 0.154. The summed E-state index contributed by atoms with van der Waals surface area (Å²) in [5.74, 6) is 4.32. The average molecular weight is 1920 g/mol. The molecule has 0 radical (unpaired) electrons. The molecule has 0 aliphatic carbocycles. The quantitative estimate of drug-likeness (QED) is 0.119. The van der Waals surface area contributed by atoms with Gasteiger partial charge in [0, 0.05) is 0 Å². The van der Waals surface area contributed by atoms with Crippen molar-refractivity contribution in [3.05, 3.63) is 507 Å². The summed E-state index contributed by atoms with van der Waals surface area (Å²) in [7, 11) is 0. The second-order valence-corrected chi connectivity index (χ2v) is 43.2. The van der Waals surface area contributed by atoms with E-state index < -0.39 is 0 Å². The van der Waals surface area contributed by atoms with Gasteiger partial charge in [0.1, 0.15) is 0 Å². The summed E-state index contributed by atoms with van der Waals surface area (Å²) in [4.78, 5) is 0. The zero-order valence-electron chi connectivity index (χ0n) is 89.2. The molecule has 0 nitrogen and oxygen atoms in total. The van der Waals surface area contributed by atoms with Gasteiger partial charge in [-0.3, -0.25) is 0 Å². The van der Waals surface area contributed by atoms with Gasteiger partial charge < -0.3 is 0 Å². The van der Waals surface area contributed by atoms with Crippen LogP contribution in [0.5, 0.6) is 0 Å². The minimum absolute atomic E-state index is 0.504. The van der Waals surface area contributed by atoms with Crippen LogP contribution >= 0.6 is 0 Å². The van der Waals surface area contributed by atoms with Gasteiger partial charge in [-0.2, -0.15) is 0 Å². The van der Waals surface area contributed by atoms with Crippen molar-refractivity contribution in [2.45, 2.75) is 140 Å². The van der Waals surface area contributed by atoms with Crippen molar-refractivity contribution < 1.29 is 0 Å². The topological polar surface area (TPSA) is 0 Å². The molecule has 0 amide bonds. The van der Waals surface area contributed by atoms with E-state index in [-0.39, 0.29) is 0 Å². The Morgan fingerprint density at radius 1 is 0.107 bits per heavy atom. The first-order valence-electron chi connectivity index (χ1n) is 53.8. The van der Waals surface area contributed by atoms with Crippen molar-refractivity contribution in [2.24, 2.45) is 11.8 Å². The normalized spacial score (nSPS) is 11.5. The van der Waals surface area contributed by atoms with Gasteiger partial charge in [0.15, 0.2) is 0 Å². The summed E-state index contributed by atoms with van der Waals surface area (Å²) >= 11 is 0. The highest BCUT2D eigenvalue weighted by atomic mass is 14.2. The molecule has 0 heterocycles. The predicted octanol–water partition coefficient (Wildman–Crippen LogP) is 45.0. The molecule has 0 aliphatic heterocycles. The number of rotatable bonds is 5. The van der Waals surface area contributed by atoms with Gasteiger partial charge in [-0.15, -0.1) is 0 Å². The Labute approximate surface area is 879 Å². The van der Waals surface area contributed by atoms with E-state index in [1.54, 1.807) is 0 Å². The molecule has 0 heteroatoms. The summed E-state index contributed by atoms with van der Waals surface area (Å²) in [5.41, 5.74) is 7.22. The fourth-order valence-corrected chi connectivity index (χ4v) is 22.2. The highest BCUT2D eigenvalue weighted by molar-refractivity contribution is 6.22. The van der Waals surface area contributed by atoms with Gasteiger partial charge in [0.2, 0.25) is 0 Å². The molecule has 28 aromatic carbocycles. The molecule has 0 aliphatic rings. The van der Waals surface area contributed by atoms with Gasteiger partial charge in [0.05, 0.1) is 0 Å². The van der Waals surface area contributed by atoms with Crippen molar-refractivity contribution in [3.8, 4) is 0 Å². The smallest absolute Gasteiger partial charge is 0.00643 e. The second kappa shape index (κ2) is 44.5. The minimum Gasteiger partial charge on any atom is -0.0630 e. The number of benzene rings is 28. The van der Waals surface area contributed by atoms with Crippen LogP contribution in [-0.4, -0.2) is 0 Å². The fourth-order valence-electron chi connectivity index (χ4n) is 22.2. The molecule has 0 spiro atoms. The molecule has 0 aromatic heterocycles. The van der Waals surface area contributed by atoms with E-state index in [4.69, 9.17) is 0 Å². The molecule has 0 saturated heterocycles. The van der Waals surface area contributed by atoms with Crippen LogP contribution in [-0.2, 0) is 0 Å². The van der Waals surface area contributed by atoms with Crippen LogP contribution in [0.15, 0.2) is 479 Å². The molecule has 0 N–H and O–H groups in total. The second-order valence-electron chi connectivity index (χ2n) is 43.2. The Morgan fingerprint density at radius 2 is 0.329 bits per heavy atom. The molecule has 730 valence electrons. The lowest BCUT2D eigenvalue weighted by Gasteiger charge is -2.16. The lowest BCUT2D eigenvalue weighted by atomic mass is 9.87. The maximum atomic E-state index is 2.39. The molecule has 0 bridgehead atoms. The van der Waals surface area contributed by atoms with E-state index in [2.05, 4.69) is 590 Å². The summed E-state index contributed by atoms with van der Waals surface area (Å²) in [6.07, 6.45) is 0. The zero-order valence-corrected chi connectivity index (χ0v) is 89.2. The third-order valence-corrected chi connectivity index (χ3v) is 29.2. The Morgan fingerprint density at radius 3 is 0.752 bits per heavy atom. The summed E-state index contributed by atoms with van der Waals surface area (Å²) in [5, 5.41) is 56.4. The third-order valence-electron chi connectivity index (χ3n) is 29.2. The first kappa shape index (κ1) is 99.9. The van der Waals surface area contributed by atoms with Crippen LogP contribution < -0.4 is 0 Å². The molecular formula is C149H134. The third kappa shape index (κ3) is 21.2. The van der Waals surface area contributed by atoms with E-state index in [1.807, 2.05) is 0 Å². The highest BCUT2D eigenvalue weighted by Gasteiger charge is 2.19. The first-order valence-corrected chi connectivity index (χ1v) is 53.8. The van der Waals surface area contributed by atoms with E-state index >= 15 is 0 Å². The Kier molecular flexibility index (Phi) is 29.9. The van der Waals surface area contributed by atoms with E-state index in [1.165, 1.54) is 254 Å². The van der Waals surface area contributed by atoms with E-state index in [0.717, 1.165) is 11.8 Å². The van der Waals surface area contributed by atoms with Crippen LogP contribution in [0, 0.1) is 11.8 Å². The molecule has 0 fully saturated rings. The molecule has 0 saturated carbocycles. The lowest BCUT2D eigenvalue weighted by molar-refractivity contribution is 0.736. The van der Waals surface area contributed by atoms with Crippen molar-refractivity contribution in [1.29, 1.82) is 0 Å². The molecule has 0 unspecified atom stereocenters.